The molecule has 0 aliphatic heterocycles. The summed E-state index contributed by atoms with van der Waals surface area (Å²) in [7, 11) is 1.86. The molecule has 0 saturated heterocycles. The third-order valence-corrected chi connectivity index (χ3v) is 3.32. The van der Waals surface area contributed by atoms with Crippen LogP contribution in [0, 0.1) is 6.92 Å². The van der Waals surface area contributed by atoms with Crippen molar-refractivity contribution in [3.05, 3.63) is 47.8 Å². The van der Waals surface area contributed by atoms with Gasteiger partial charge in [-0.05, 0) is 31.6 Å². The fourth-order valence-corrected chi connectivity index (χ4v) is 2.20. The number of fused-ring (bicyclic) bond motifs is 1. The van der Waals surface area contributed by atoms with Gasteiger partial charge in [0, 0.05) is 31.4 Å². The van der Waals surface area contributed by atoms with E-state index < -0.39 is 6.67 Å². The number of halogens is 1. The molecule has 1 heterocycles. The Bertz CT molecular complexity index is 656. The zero-order valence-corrected chi connectivity index (χ0v) is 14.9. The van der Waals surface area contributed by atoms with Gasteiger partial charge in [0.2, 0.25) is 0 Å². The van der Waals surface area contributed by atoms with Crippen molar-refractivity contribution in [2.24, 2.45) is 4.99 Å². The maximum absolute atomic E-state index is 13.2. The highest BCUT2D eigenvalue weighted by Crippen LogP contribution is 2.21. The van der Waals surface area contributed by atoms with Crippen LogP contribution in [-0.4, -0.2) is 31.2 Å². The van der Waals surface area contributed by atoms with Crippen molar-refractivity contribution in [2.45, 2.75) is 34.1 Å². The number of allylic oxidation sites excluding steroid dienone is 2. The van der Waals surface area contributed by atoms with Crippen molar-refractivity contribution in [1.29, 1.82) is 0 Å². The highest BCUT2D eigenvalue weighted by Gasteiger charge is 2.11. The van der Waals surface area contributed by atoms with Crippen LogP contribution in [0.5, 0.6) is 0 Å². The number of hydrogen-bond acceptors (Lipinski definition) is 2. The van der Waals surface area contributed by atoms with Gasteiger partial charge in [-0.3, -0.25) is 14.7 Å². The molecule has 0 spiro atoms. The molecule has 4 heteroatoms. The first-order valence-electron chi connectivity index (χ1n) is 8.16. The average molecular weight is 317 g/mol. The maximum Gasteiger partial charge on any atom is 0.131 e. The monoisotopic (exact) mass is 317 g/mol. The second-order valence-electron chi connectivity index (χ2n) is 5.34. The van der Waals surface area contributed by atoms with Gasteiger partial charge in [-0.2, -0.15) is 0 Å². The van der Waals surface area contributed by atoms with Crippen LogP contribution in [0.2, 0.25) is 0 Å². The van der Waals surface area contributed by atoms with Crippen molar-refractivity contribution in [3.63, 3.8) is 0 Å². The third-order valence-electron chi connectivity index (χ3n) is 3.32. The molecule has 126 valence electrons. The molecular formula is C19H28FN3. The van der Waals surface area contributed by atoms with Gasteiger partial charge in [-0.15, -0.1) is 0 Å². The Morgan fingerprint density at radius 2 is 1.91 bits per heavy atom. The lowest BCUT2D eigenvalue weighted by Crippen LogP contribution is -2.29. The van der Waals surface area contributed by atoms with Crippen molar-refractivity contribution >= 4 is 17.1 Å². The van der Waals surface area contributed by atoms with Gasteiger partial charge in [-0.25, -0.2) is 4.39 Å². The second kappa shape index (κ2) is 9.82. The Morgan fingerprint density at radius 3 is 2.52 bits per heavy atom. The van der Waals surface area contributed by atoms with Crippen LogP contribution in [0.3, 0.4) is 0 Å². The van der Waals surface area contributed by atoms with Crippen LogP contribution in [0.25, 0.3) is 10.9 Å². The third kappa shape index (κ3) is 4.95. The number of aliphatic imine (C=N–C) groups is 1. The van der Waals surface area contributed by atoms with E-state index in [1.807, 2.05) is 48.1 Å². The van der Waals surface area contributed by atoms with Crippen molar-refractivity contribution < 1.29 is 4.39 Å². The van der Waals surface area contributed by atoms with Crippen molar-refractivity contribution in [3.8, 4) is 0 Å². The van der Waals surface area contributed by atoms with E-state index in [1.54, 1.807) is 12.3 Å². The number of para-hydroxylation sites is 1. The minimum absolute atomic E-state index is 0.530. The minimum Gasteiger partial charge on any atom is -0.293 e. The Morgan fingerprint density at radius 1 is 1.26 bits per heavy atom. The standard InChI is InChI=1S/C16H20FN3.C3H8/c1-4-18-10-9-14(11-17)19(3)20-12-13(2)15-7-5-6-8-16(15)20;1-3-2/h5-10,12H,4,11H2,1-3H3;3H2,1-2H3/b14-9+,18-10?;. The van der Waals surface area contributed by atoms with E-state index in [9.17, 15) is 4.39 Å². The van der Waals surface area contributed by atoms with Crippen LogP contribution in [0.4, 0.5) is 4.39 Å². The Labute approximate surface area is 139 Å². The summed E-state index contributed by atoms with van der Waals surface area (Å²) in [5.74, 6) is 0. The molecule has 3 nitrogen and oxygen atoms in total. The smallest absolute Gasteiger partial charge is 0.131 e. The van der Waals surface area contributed by atoms with E-state index in [1.165, 1.54) is 17.4 Å². The number of aromatic nitrogens is 1. The van der Waals surface area contributed by atoms with Crippen LogP contribution < -0.4 is 5.01 Å². The minimum atomic E-state index is -0.530. The fourth-order valence-electron chi connectivity index (χ4n) is 2.20. The van der Waals surface area contributed by atoms with Crippen molar-refractivity contribution in [2.75, 3.05) is 25.3 Å². The summed E-state index contributed by atoms with van der Waals surface area (Å²) in [5, 5.41) is 3.00. The summed E-state index contributed by atoms with van der Waals surface area (Å²) >= 11 is 0. The van der Waals surface area contributed by atoms with Gasteiger partial charge in [0.25, 0.3) is 0 Å². The first-order valence-corrected chi connectivity index (χ1v) is 8.16. The predicted molar refractivity (Wildman–Crippen MR) is 99.9 cm³/mol. The molecule has 1 aromatic carbocycles. The molecule has 0 fully saturated rings. The lowest BCUT2D eigenvalue weighted by molar-refractivity contribution is 0.519. The summed E-state index contributed by atoms with van der Waals surface area (Å²) in [6, 6.07) is 8.12. The Hall–Kier alpha value is -2.10. The van der Waals surface area contributed by atoms with Gasteiger partial charge in [0.1, 0.15) is 6.67 Å². The lowest BCUT2D eigenvalue weighted by atomic mass is 10.2. The first kappa shape index (κ1) is 18.9. The van der Waals surface area contributed by atoms with Gasteiger partial charge in [-0.1, -0.05) is 38.5 Å². The molecule has 0 saturated carbocycles. The van der Waals surface area contributed by atoms with E-state index in [0.29, 0.717) is 12.2 Å². The molecule has 2 aromatic rings. The molecule has 0 atom stereocenters. The largest absolute Gasteiger partial charge is 0.293 e. The molecule has 0 unspecified atom stereocenters. The van der Waals surface area contributed by atoms with E-state index in [0.717, 1.165) is 5.52 Å². The molecular weight excluding hydrogens is 289 g/mol. The molecule has 0 aliphatic rings. The van der Waals surface area contributed by atoms with Gasteiger partial charge in [0.15, 0.2) is 0 Å². The van der Waals surface area contributed by atoms with Gasteiger partial charge in [0.05, 0.1) is 11.2 Å². The molecule has 23 heavy (non-hydrogen) atoms. The van der Waals surface area contributed by atoms with E-state index in [4.69, 9.17) is 0 Å². The lowest BCUT2D eigenvalue weighted by Gasteiger charge is -2.23. The normalized spacial score (nSPS) is 11.7. The molecule has 0 amide bonds. The van der Waals surface area contributed by atoms with Gasteiger partial charge >= 0.3 is 0 Å². The molecule has 0 aliphatic carbocycles. The van der Waals surface area contributed by atoms with E-state index in [-0.39, 0.29) is 0 Å². The zero-order chi connectivity index (χ0) is 17.2. The predicted octanol–water partition coefficient (Wildman–Crippen LogP) is 4.88. The highest BCUT2D eigenvalue weighted by molar-refractivity contribution is 5.84. The fraction of sp³-hybridized carbons (Fsp3) is 0.421. The summed E-state index contributed by atoms with van der Waals surface area (Å²) in [6.45, 7) is 8.43. The first-order chi connectivity index (χ1) is 11.1. The van der Waals surface area contributed by atoms with Gasteiger partial charge < -0.3 is 0 Å². The Kier molecular flexibility index (Phi) is 8.09. The second-order valence-corrected chi connectivity index (χ2v) is 5.34. The topological polar surface area (TPSA) is 20.5 Å². The number of rotatable bonds is 5. The molecule has 1 aromatic heterocycles. The molecule has 0 radical (unpaired) electrons. The number of aryl methyl sites for hydroxylation is 1. The SMILES string of the molecule is CCC.CCN=C/C=C(\CF)N(C)n1cc(C)c2ccccc21. The number of benzene rings is 1. The van der Waals surface area contributed by atoms with Crippen LogP contribution >= 0.6 is 0 Å². The summed E-state index contributed by atoms with van der Waals surface area (Å²) < 4.78 is 15.2. The highest BCUT2D eigenvalue weighted by atomic mass is 19.1. The number of alkyl halides is 1. The van der Waals surface area contributed by atoms with E-state index >= 15 is 0 Å². The molecule has 0 bridgehead atoms. The number of hydrogen-bond donors (Lipinski definition) is 0. The van der Waals surface area contributed by atoms with Crippen LogP contribution in [0.1, 0.15) is 32.8 Å². The maximum atomic E-state index is 13.2. The Balaban J connectivity index is 0.000000816. The summed E-state index contributed by atoms with van der Waals surface area (Å²) in [6.07, 6.45) is 6.64. The van der Waals surface area contributed by atoms with Crippen LogP contribution in [-0.2, 0) is 0 Å². The number of nitrogens with zero attached hydrogens (tertiary/aromatic N) is 3. The van der Waals surface area contributed by atoms with E-state index in [2.05, 4.69) is 31.8 Å². The summed E-state index contributed by atoms with van der Waals surface area (Å²) in [5.41, 5.74) is 2.81. The molecule has 2 rings (SSSR count). The summed E-state index contributed by atoms with van der Waals surface area (Å²) in [4.78, 5) is 4.10. The van der Waals surface area contributed by atoms with Crippen LogP contribution in [0.15, 0.2) is 47.2 Å². The van der Waals surface area contributed by atoms with Crippen molar-refractivity contribution in [1.82, 2.24) is 4.68 Å². The zero-order valence-electron chi connectivity index (χ0n) is 14.9. The average Bonchev–Trinajstić information content (AvgIpc) is 2.89. The quantitative estimate of drug-likeness (QED) is 0.720. The molecule has 0 N–H and O–H groups in total.